The lowest BCUT2D eigenvalue weighted by molar-refractivity contribution is -0.132. The molecule has 0 unspecified atom stereocenters. The number of nitrogens with two attached hydrogens (primary N) is 4. The van der Waals surface area contributed by atoms with Crippen LogP contribution in [0.4, 0.5) is 0 Å². The molecule has 0 saturated heterocycles. The fraction of sp³-hybridized carbons (Fsp3) is 0.571. The van der Waals surface area contributed by atoms with Crippen LogP contribution in [-0.4, -0.2) is 80.2 Å². The van der Waals surface area contributed by atoms with Crippen molar-refractivity contribution in [2.45, 2.75) is 76.5 Å². The van der Waals surface area contributed by atoms with Gasteiger partial charge in [-0.3, -0.25) is 29.7 Å². The molecule has 0 bridgehead atoms. The molecule has 234 valence electrons. The molecule has 1 rings (SSSR count). The first-order chi connectivity index (χ1) is 20.0. The Morgan fingerprint density at radius 1 is 0.881 bits per heavy atom. The zero-order valence-corrected chi connectivity index (χ0v) is 24.8. The van der Waals surface area contributed by atoms with Gasteiger partial charge in [0.15, 0.2) is 11.9 Å². The van der Waals surface area contributed by atoms with Crippen LogP contribution >= 0.6 is 0 Å². The minimum absolute atomic E-state index is 0.0602. The van der Waals surface area contributed by atoms with Crippen LogP contribution in [0, 0.1) is 5.92 Å². The minimum atomic E-state index is -1.01. The van der Waals surface area contributed by atoms with Crippen molar-refractivity contribution in [1.82, 2.24) is 21.3 Å². The number of nitrogens with zero attached hydrogens (tertiary/aromatic N) is 2. The zero-order valence-electron chi connectivity index (χ0n) is 24.8. The number of carbonyl (C=O) groups excluding carboxylic acids is 4. The van der Waals surface area contributed by atoms with Crippen molar-refractivity contribution in [3.63, 3.8) is 0 Å². The standard InChI is InChI=1S/C28H48N10O4/c1-18(2)15-23(37-24(40)21(29)16-19-9-5-4-6-10-19)26(42)36-22(12-8-13-34-27(30)31)25(41)38-28(32)35-14-7-11-20(17-39)33-3/h4-6,9-10,17-18,20-23,33H,7-8,11-16,29H2,1-3H3,(H,36,42)(H,37,40)(H4,30,31,34)(H3,32,35,38,41)/t20-,21-,22-,23-/m0/s1. The molecule has 12 N–H and O–H groups in total. The van der Waals surface area contributed by atoms with Gasteiger partial charge in [-0.25, -0.2) is 0 Å². The number of benzene rings is 1. The van der Waals surface area contributed by atoms with Gasteiger partial charge in [-0.15, -0.1) is 0 Å². The number of carbonyl (C=O) groups is 4. The Labute approximate surface area is 247 Å². The summed E-state index contributed by atoms with van der Waals surface area (Å²) >= 11 is 0. The number of likely N-dealkylation sites (N-methyl/N-ethyl adjacent to an activating group) is 1. The Morgan fingerprint density at radius 2 is 1.50 bits per heavy atom. The van der Waals surface area contributed by atoms with Crippen molar-refractivity contribution < 1.29 is 19.2 Å². The fourth-order valence-electron chi connectivity index (χ4n) is 4.03. The SMILES string of the molecule is CN[C@H](C=O)CCCN=C(N)NC(=O)[C@H](CCCN=C(N)N)NC(=O)[C@H](CC(C)C)NC(=O)[C@@H](N)Cc1ccccc1. The van der Waals surface area contributed by atoms with E-state index in [0.717, 1.165) is 11.8 Å². The second kappa shape index (κ2) is 19.9. The number of guanidine groups is 2. The monoisotopic (exact) mass is 588 g/mol. The van der Waals surface area contributed by atoms with Gasteiger partial charge in [-0.2, -0.15) is 0 Å². The number of hydrogen-bond donors (Lipinski definition) is 8. The number of nitrogens with one attached hydrogen (secondary N) is 4. The van der Waals surface area contributed by atoms with Crippen LogP contribution in [0.5, 0.6) is 0 Å². The molecule has 14 nitrogen and oxygen atoms in total. The molecule has 0 spiro atoms. The molecule has 0 aromatic heterocycles. The van der Waals surface area contributed by atoms with E-state index in [9.17, 15) is 19.2 Å². The van der Waals surface area contributed by atoms with E-state index in [1.54, 1.807) is 7.05 Å². The largest absolute Gasteiger partial charge is 0.370 e. The molecular formula is C28H48N10O4. The van der Waals surface area contributed by atoms with Crippen molar-refractivity contribution in [2.24, 2.45) is 38.8 Å². The van der Waals surface area contributed by atoms with E-state index in [0.29, 0.717) is 38.6 Å². The second-order valence-corrected chi connectivity index (χ2v) is 10.4. The van der Waals surface area contributed by atoms with Gasteiger partial charge in [0.25, 0.3) is 0 Å². The lowest BCUT2D eigenvalue weighted by Gasteiger charge is -2.25. The molecular weight excluding hydrogens is 540 g/mol. The van der Waals surface area contributed by atoms with Gasteiger partial charge in [0.05, 0.1) is 12.1 Å². The Bertz CT molecular complexity index is 1040. The average Bonchev–Trinajstić information content (AvgIpc) is 2.94. The normalized spacial score (nSPS) is 14.3. The van der Waals surface area contributed by atoms with Crippen molar-refractivity contribution >= 4 is 35.9 Å². The number of amides is 3. The molecule has 0 aliphatic carbocycles. The molecule has 0 aliphatic rings. The Morgan fingerprint density at radius 3 is 2.10 bits per heavy atom. The summed E-state index contributed by atoms with van der Waals surface area (Å²) in [5.74, 6) is -1.73. The Kier molecular flexibility index (Phi) is 17.1. The lowest BCUT2D eigenvalue weighted by Crippen LogP contribution is -2.57. The summed E-state index contributed by atoms with van der Waals surface area (Å²) in [6.45, 7) is 4.38. The van der Waals surface area contributed by atoms with Gasteiger partial charge in [-0.1, -0.05) is 44.2 Å². The predicted octanol–water partition coefficient (Wildman–Crippen LogP) is -1.38. The topological polar surface area (TPSA) is 245 Å². The van der Waals surface area contributed by atoms with E-state index >= 15 is 0 Å². The van der Waals surface area contributed by atoms with Crippen molar-refractivity contribution in [1.29, 1.82) is 0 Å². The van der Waals surface area contributed by atoms with E-state index in [2.05, 4.69) is 31.3 Å². The summed E-state index contributed by atoms with van der Waals surface area (Å²) in [5, 5.41) is 10.9. The van der Waals surface area contributed by atoms with E-state index < -0.39 is 35.8 Å². The summed E-state index contributed by atoms with van der Waals surface area (Å²) in [4.78, 5) is 58.3. The summed E-state index contributed by atoms with van der Waals surface area (Å²) < 4.78 is 0. The van der Waals surface area contributed by atoms with Gasteiger partial charge in [-0.05, 0) is 57.1 Å². The molecule has 14 heteroatoms. The third-order valence-corrected chi connectivity index (χ3v) is 6.30. The highest BCUT2D eigenvalue weighted by atomic mass is 16.2. The van der Waals surface area contributed by atoms with Gasteiger partial charge in [0.1, 0.15) is 18.4 Å². The van der Waals surface area contributed by atoms with E-state index in [-0.39, 0.29) is 36.8 Å². The van der Waals surface area contributed by atoms with E-state index in [1.807, 2.05) is 44.2 Å². The van der Waals surface area contributed by atoms with Gasteiger partial charge in [0, 0.05) is 13.1 Å². The Balaban J connectivity index is 2.92. The number of aldehydes is 1. The molecule has 3 amide bonds. The van der Waals surface area contributed by atoms with Crippen LogP contribution in [0.3, 0.4) is 0 Å². The third-order valence-electron chi connectivity index (χ3n) is 6.30. The number of aliphatic imine (C=N–C) groups is 2. The van der Waals surface area contributed by atoms with Crippen LogP contribution in [0.25, 0.3) is 0 Å². The molecule has 0 heterocycles. The molecule has 0 aliphatic heterocycles. The van der Waals surface area contributed by atoms with Gasteiger partial charge < -0.3 is 43.7 Å². The summed E-state index contributed by atoms with van der Waals surface area (Å²) in [5.41, 5.74) is 23.7. The van der Waals surface area contributed by atoms with Crippen molar-refractivity contribution in [3.05, 3.63) is 35.9 Å². The molecule has 0 fully saturated rings. The molecule has 0 saturated carbocycles. The fourth-order valence-corrected chi connectivity index (χ4v) is 4.03. The Hall–Kier alpha value is -4.04. The first-order valence-corrected chi connectivity index (χ1v) is 14.2. The molecule has 1 aromatic rings. The maximum atomic E-state index is 13.4. The van der Waals surface area contributed by atoms with E-state index in [1.165, 1.54) is 0 Å². The summed E-state index contributed by atoms with van der Waals surface area (Å²) in [6, 6.07) is 6.26. The van der Waals surface area contributed by atoms with Gasteiger partial charge in [0.2, 0.25) is 17.7 Å². The average molecular weight is 589 g/mol. The quantitative estimate of drug-likeness (QED) is 0.0410. The first kappa shape index (κ1) is 36.0. The lowest BCUT2D eigenvalue weighted by atomic mass is 10.0. The third kappa shape index (κ3) is 15.1. The number of hydrogen-bond acceptors (Lipinski definition) is 8. The first-order valence-electron chi connectivity index (χ1n) is 14.2. The highest BCUT2D eigenvalue weighted by molar-refractivity contribution is 6.00. The van der Waals surface area contributed by atoms with Crippen LogP contribution < -0.4 is 44.2 Å². The van der Waals surface area contributed by atoms with Crippen LogP contribution in [0.15, 0.2) is 40.3 Å². The highest BCUT2D eigenvalue weighted by Crippen LogP contribution is 2.09. The smallest absolute Gasteiger partial charge is 0.249 e. The minimum Gasteiger partial charge on any atom is -0.370 e. The van der Waals surface area contributed by atoms with Gasteiger partial charge >= 0.3 is 0 Å². The number of rotatable bonds is 19. The molecule has 42 heavy (non-hydrogen) atoms. The molecule has 1 aromatic carbocycles. The zero-order chi connectivity index (χ0) is 31.5. The highest BCUT2D eigenvalue weighted by Gasteiger charge is 2.29. The maximum Gasteiger partial charge on any atom is 0.249 e. The molecule has 4 atom stereocenters. The van der Waals surface area contributed by atoms with E-state index in [4.69, 9.17) is 22.9 Å². The second-order valence-electron chi connectivity index (χ2n) is 10.4. The van der Waals surface area contributed by atoms with Crippen LogP contribution in [0.2, 0.25) is 0 Å². The van der Waals surface area contributed by atoms with Crippen molar-refractivity contribution in [3.8, 4) is 0 Å². The predicted molar refractivity (Wildman–Crippen MR) is 164 cm³/mol. The van der Waals surface area contributed by atoms with Crippen molar-refractivity contribution in [2.75, 3.05) is 20.1 Å². The van der Waals surface area contributed by atoms with Crippen LogP contribution in [0.1, 0.15) is 51.5 Å². The maximum absolute atomic E-state index is 13.4. The summed E-state index contributed by atoms with van der Waals surface area (Å²) in [6.07, 6.45) is 3.16. The molecule has 0 radical (unpaired) electrons. The summed E-state index contributed by atoms with van der Waals surface area (Å²) in [7, 11) is 1.69. The van der Waals surface area contributed by atoms with Crippen LogP contribution in [-0.2, 0) is 25.6 Å².